The summed E-state index contributed by atoms with van der Waals surface area (Å²) < 4.78 is 7.39. The predicted octanol–water partition coefficient (Wildman–Crippen LogP) is 5.52. The molecule has 0 spiro atoms. The number of nitrogens with zero attached hydrogens (tertiary/aromatic N) is 4. The molecule has 2 heterocycles. The Kier molecular flexibility index (Phi) is 5.11. The van der Waals surface area contributed by atoms with Crippen LogP contribution in [0.3, 0.4) is 0 Å². The lowest BCUT2D eigenvalue weighted by atomic mass is 9.99. The van der Waals surface area contributed by atoms with Gasteiger partial charge in [0.05, 0.1) is 31.2 Å². The van der Waals surface area contributed by atoms with Gasteiger partial charge in [0.15, 0.2) is 0 Å². The molecule has 6 rings (SSSR count). The van der Waals surface area contributed by atoms with Gasteiger partial charge in [-0.25, -0.2) is 4.68 Å². The van der Waals surface area contributed by atoms with Gasteiger partial charge in [0.1, 0.15) is 11.4 Å². The number of methoxy groups -OCH3 is 1. The largest absolute Gasteiger partial charge is 0.496 e. The van der Waals surface area contributed by atoms with Gasteiger partial charge < -0.3 is 9.64 Å². The maximum absolute atomic E-state index is 13.7. The molecule has 35 heavy (non-hydrogen) atoms. The molecule has 0 fully saturated rings. The fourth-order valence-corrected chi connectivity index (χ4v) is 4.59. The number of amides is 1. The van der Waals surface area contributed by atoms with Crippen molar-refractivity contribution in [2.45, 2.75) is 6.54 Å². The molecule has 0 atom stereocenters. The Bertz CT molecular complexity index is 1590. The molecule has 1 aliphatic rings. The van der Waals surface area contributed by atoms with Crippen molar-refractivity contribution in [2.24, 2.45) is 0 Å². The summed E-state index contributed by atoms with van der Waals surface area (Å²) in [6, 6.07) is 29.7. The summed E-state index contributed by atoms with van der Waals surface area (Å²) in [4.78, 5) is 15.5. The van der Waals surface area contributed by atoms with E-state index in [1.807, 2.05) is 91.1 Å². The maximum Gasteiger partial charge on any atom is 0.259 e. The number of hydrogen-bond donors (Lipinski definition) is 0. The van der Waals surface area contributed by atoms with Gasteiger partial charge in [-0.15, -0.1) is 5.10 Å². The van der Waals surface area contributed by atoms with Crippen molar-refractivity contribution >= 4 is 34.0 Å². The van der Waals surface area contributed by atoms with E-state index in [0.717, 1.165) is 39.0 Å². The third kappa shape index (κ3) is 3.65. The van der Waals surface area contributed by atoms with Crippen molar-refractivity contribution in [1.82, 2.24) is 15.0 Å². The van der Waals surface area contributed by atoms with Crippen molar-refractivity contribution < 1.29 is 9.53 Å². The van der Waals surface area contributed by atoms with Crippen LogP contribution in [0.25, 0.3) is 28.1 Å². The van der Waals surface area contributed by atoms with Gasteiger partial charge in [0, 0.05) is 16.7 Å². The fraction of sp³-hybridized carbons (Fsp3) is 0.0690. The second-order valence-electron chi connectivity index (χ2n) is 8.36. The van der Waals surface area contributed by atoms with Crippen molar-refractivity contribution in [1.29, 1.82) is 0 Å². The molecular weight excluding hydrogens is 436 g/mol. The molecule has 6 heteroatoms. The van der Waals surface area contributed by atoms with Crippen LogP contribution in [-0.4, -0.2) is 28.0 Å². The zero-order valence-corrected chi connectivity index (χ0v) is 19.1. The van der Waals surface area contributed by atoms with Gasteiger partial charge in [-0.05, 0) is 41.1 Å². The van der Waals surface area contributed by atoms with Crippen molar-refractivity contribution in [3.8, 4) is 11.4 Å². The van der Waals surface area contributed by atoms with Crippen LogP contribution in [0.1, 0.15) is 16.8 Å². The van der Waals surface area contributed by atoms with Crippen molar-refractivity contribution in [3.05, 3.63) is 114 Å². The quantitative estimate of drug-likeness (QED) is 0.326. The molecule has 0 aliphatic carbocycles. The lowest BCUT2D eigenvalue weighted by Gasteiger charge is -2.15. The Morgan fingerprint density at radius 3 is 2.51 bits per heavy atom. The van der Waals surface area contributed by atoms with Gasteiger partial charge >= 0.3 is 0 Å². The molecule has 0 bridgehead atoms. The van der Waals surface area contributed by atoms with E-state index in [1.54, 1.807) is 16.7 Å². The zero-order chi connectivity index (χ0) is 23.8. The highest BCUT2D eigenvalue weighted by molar-refractivity contribution is 6.36. The predicted molar refractivity (Wildman–Crippen MR) is 137 cm³/mol. The summed E-state index contributed by atoms with van der Waals surface area (Å²) in [5, 5.41) is 10.7. The van der Waals surface area contributed by atoms with Crippen LogP contribution in [-0.2, 0) is 11.3 Å². The zero-order valence-electron chi connectivity index (χ0n) is 19.1. The third-order valence-electron chi connectivity index (χ3n) is 6.28. The number of ether oxygens (including phenoxy) is 1. The highest BCUT2D eigenvalue weighted by Crippen LogP contribution is 2.40. The molecule has 6 nitrogen and oxygen atoms in total. The summed E-state index contributed by atoms with van der Waals surface area (Å²) >= 11 is 0. The maximum atomic E-state index is 13.7. The van der Waals surface area contributed by atoms with Gasteiger partial charge in [0.25, 0.3) is 5.91 Å². The lowest BCUT2D eigenvalue weighted by Crippen LogP contribution is -2.25. The van der Waals surface area contributed by atoms with Gasteiger partial charge in [-0.3, -0.25) is 4.79 Å². The van der Waals surface area contributed by atoms with Crippen LogP contribution < -0.4 is 9.64 Å². The molecule has 1 aromatic heterocycles. The molecule has 1 aliphatic heterocycles. The molecule has 0 saturated carbocycles. The highest BCUT2D eigenvalue weighted by Gasteiger charge is 2.33. The molecule has 0 radical (unpaired) electrons. The number of carbonyl (C=O) groups excluding carboxylic acids is 1. The van der Waals surface area contributed by atoms with E-state index in [0.29, 0.717) is 17.8 Å². The van der Waals surface area contributed by atoms with Crippen LogP contribution in [0.2, 0.25) is 0 Å². The minimum atomic E-state index is -0.0737. The number of fused-ring (bicyclic) bond motifs is 2. The summed E-state index contributed by atoms with van der Waals surface area (Å²) in [5.74, 6) is 0.654. The summed E-state index contributed by atoms with van der Waals surface area (Å²) in [7, 11) is 1.65. The molecule has 170 valence electrons. The molecule has 5 aromatic rings. The van der Waals surface area contributed by atoms with Gasteiger partial charge in [-0.2, -0.15) is 0 Å². The second kappa shape index (κ2) is 8.57. The first-order chi connectivity index (χ1) is 17.2. The Hall–Kier alpha value is -4.71. The molecule has 0 N–H and O–H groups in total. The summed E-state index contributed by atoms with van der Waals surface area (Å²) in [6.07, 6.45) is 3.81. The summed E-state index contributed by atoms with van der Waals surface area (Å²) in [5.41, 5.74) is 4.90. The second-order valence-corrected chi connectivity index (χ2v) is 8.36. The number of rotatable bonds is 5. The number of carbonyl (C=O) groups is 1. The van der Waals surface area contributed by atoms with E-state index >= 15 is 0 Å². The average Bonchev–Trinajstić information content (AvgIpc) is 3.48. The Labute approximate surface area is 202 Å². The first-order valence-corrected chi connectivity index (χ1v) is 11.4. The highest BCUT2D eigenvalue weighted by atomic mass is 16.5. The van der Waals surface area contributed by atoms with E-state index in [2.05, 4.69) is 22.4 Å². The Balaban J connectivity index is 1.41. The number of benzene rings is 4. The van der Waals surface area contributed by atoms with Crippen LogP contribution in [0.4, 0.5) is 5.69 Å². The fourth-order valence-electron chi connectivity index (χ4n) is 4.59. The monoisotopic (exact) mass is 458 g/mol. The Morgan fingerprint density at radius 1 is 0.886 bits per heavy atom. The van der Waals surface area contributed by atoms with E-state index in [1.165, 1.54) is 0 Å². The number of anilines is 1. The molecule has 0 unspecified atom stereocenters. The number of aromatic nitrogens is 3. The molecule has 0 saturated heterocycles. The van der Waals surface area contributed by atoms with Crippen molar-refractivity contribution in [3.63, 3.8) is 0 Å². The van der Waals surface area contributed by atoms with Crippen LogP contribution >= 0.6 is 0 Å². The normalized spacial score (nSPS) is 14.0. The van der Waals surface area contributed by atoms with Gasteiger partial charge in [0.2, 0.25) is 0 Å². The minimum absolute atomic E-state index is 0.0737. The topological polar surface area (TPSA) is 60.2 Å². The first-order valence-electron chi connectivity index (χ1n) is 11.4. The van der Waals surface area contributed by atoms with Crippen molar-refractivity contribution in [2.75, 3.05) is 12.0 Å². The third-order valence-corrected chi connectivity index (χ3v) is 6.28. The lowest BCUT2D eigenvalue weighted by molar-refractivity contribution is -0.113. The van der Waals surface area contributed by atoms with E-state index < -0.39 is 0 Å². The van der Waals surface area contributed by atoms with E-state index in [-0.39, 0.29) is 5.91 Å². The first kappa shape index (κ1) is 20.9. The average molecular weight is 459 g/mol. The Morgan fingerprint density at radius 2 is 1.66 bits per heavy atom. The van der Waals surface area contributed by atoms with Gasteiger partial charge in [-0.1, -0.05) is 71.9 Å². The van der Waals surface area contributed by atoms with Crippen LogP contribution in [0, 0.1) is 0 Å². The SMILES string of the molecule is COc1ccc2ccccc2c1/C=C1/C(=O)N(Cc2cn(-c3ccccc3)nn2)c2ccccc21. The van der Waals surface area contributed by atoms with Crippen LogP contribution in [0.5, 0.6) is 5.75 Å². The van der Waals surface area contributed by atoms with E-state index in [9.17, 15) is 4.79 Å². The number of para-hydroxylation sites is 2. The minimum Gasteiger partial charge on any atom is -0.496 e. The molecule has 1 amide bonds. The number of hydrogen-bond acceptors (Lipinski definition) is 4. The smallest absolute Gasteiger partial charge is 0.259 e. The molecular formula is C29H22N4O2. The van der Waals surface area contributed by atoms with E-state index in [4.69, 9.17) is 4.74 Å². The van der Waals surface area contributed by atoms with Crippen LogP contribution in [0.15, 0.2) is 97.2 Å². The molecule has 4 aromatic carbocycles. The standard InChI is InChI=1S/C29H22N4O2/c1-35-28-16-15-20-9-5-6-12-23(20)25(28)17-26-24-13-7-8-14-27(24)32(29(26)34)18-21-19-33(31-30-21)22-10-3-2-4-11-22/h2-17,19H,18H2,1H3/b26-17+. The summed E-state index contributed by atoms with van der Waals surface area (Å²) in [6.45, 7) is 0.326.